The van der Waals surface area contributed by atoms with Crippen molar-refractivity contribution in [2.45, 2.75) is 12.5 Å². The lowest BCUT2D eigenvalue weighted by Gasteiger charge is -2.12. The molecule has 0 saturated carbocycles. The van der Waals surface area contributed by atoms with Crippen LogP contribution in [0.25, 0.3) is 5.52 Å². The molecule has 6 nitrogen and oxygen atoms in total. The molecule has 0 saturated heterocycles. The monoisotopic (exact) mass is 291 g/mol. The van der Waals surface area contributed by atoms with Crippen LogP contribution >= 0.6 is 11.6 Å². The fourth-order valence-corrected chi connectivity index (χ4v) is 2.21. The van der Waals surface area contributed by atoms with Gasteiger partial charge in [0.1, 0.15) is 16.4 Å². The number of hydrogen-bond donors (Lipinski definition) is 0. The van der Waals surface area contributed by atoms with E-state index in [0.29, 0.717) is 18.1 Å². The summed E-state index contributed by atoms with van der Waals surface area (Å²) in [7, 11) is 0. The molecule has 0 radical (unpaired) electrons. The van der Waals surface area contributed by atoms with Crippen molar-refractivity contribution in [1.82, 2.24) is 9.38 Å². The van der Waals surface area contributed by atoms with E-state index in [0.717, 1.165) is 5.52 Å². The van der Waals surface area contributed by atoms with Crippen LogP contribution in [0.4, 0.5) is 0 Å². The van der Waals surface area contributed by atoms with E-state index in [1.54, 1.807) is 22.7 Å². The third-order valence-corrected chi connectivity index (χ3v) is 3.14. The highest BCUT2D eigenvalue weighted by Gasteiger charge is 2.20. The van der Waals surface area contributed by atoms with Gasteiger partial charge in [-0.25, -0.2) is 0 Å². The zero-order valence-corrected chi connectivity index (χ0v) is 11.0. The number of aromatic nitrogens is 2. The largest absolute Gasteiger partial charge is 0.437 e. The summed E-state index contributed by atoms with van der Waals surface area (Å²) < 4.78 is 7.42. The third kappa shape index (κ3) is 2.37. The fourth-order valence-electron chi connectivity index (χ4n) is 2.02. The fraction of sp³-hybridized carbons (Fsp3) is 0.154. The van der Waals surface area contributed by atoms with Crippen LogP contribution in [0.2, 0.25) is 5.15 Å². The second kappa shape index (κ2) is 4.97. The van der Waals surface area contributed by atoms with Crippen molar-refractivity contribution in [2.24, 2.45) is 0 Å². The molecule has 0 N–H and O–H groups in total. The molecule has 7 heteroatoms. The number of nitrogens with zero attached hydrogens (tertiary/aromatic N) is 3. The summed E-state index contributed by atoms with van der Waals surface area (Å²) in [4.78, 5) is 14.6. The zero-order valence-electron chi connectivity index (χ0n) is 10.3. The predicted molar refractivity (Wildman–Crippen MR) is 73.5 cm³/mol. The van der Waals surface area contributed by atoms with Crippen molar-refractivity contribution in [3.05, 3.63) is 63.8 Å². The molecule has 0 fully saturated rings. The van der Waals surface area contributed by atoms with Crippen LogP contribution < -0.4 is 4.74 Å². The van der Waals surface area contributed by atoms with E-state index in [9.17, 15) is 10.1 Å². The minimum Gasteiger partial charge on any atom is -0.437 e. The van der Waals surface area contributed by atoms with Gasteiger partial charge in [-0.2, -0.15) is 4.98 Å². The Kier molecular flexibility index (Phi) is 3.15. The maximum atomic E-state index is 10.8. The molecule has 0 bridgehead atoms. The van der Waals surface area contributed by atoms with E-state index < -0.39 is 6.04 Å². The lowest BCUT2D eigenvalue weighted by atomic mass is 10.1. The Hall–Kier alpha value is -2.34. The standard InChI is InChI=1S/C13H10ClN3O3/c14-12-8-16-6-2-5-11(16)13(15-12)20-10-4-1-3-9(7-10)17(18)19/h1-2,4-9H,3H2. The minimum atomic E-state index is -0.767. The van der Waals surface area contributed by atoms with Gasteiger partial charge in [-0.05, 0) is 18.2 Å². The molecule has 1 aliphatic rings. The Balaban J connectivity index is 1.95. The molecule has 0 aromatic carbocycles. The Labute approximate surface area is 119 Å². The smallest absolute Gasteiger partial charge is 0.245 e. The van der Waals surface area contributed by atoms with Gasteiger partial charge in [-0.1, -0.05) is 17.7 Å². The Bertz CT molecular complexity index is 736. The molecule has 102 valence electrons. The van der Waals surface area contributed by atoms with Gasteiger partial charge in [0.05, 0.1) is 0 Å². The number of hydrogen-bond acceptors (Lipinski definition) is 4. The van der Waals surface area contributed by atoms with Gasteiger partial charge < -0.3 is 9.14 Å². The van der Waals surface area contributed by atoms with E-state index in [-0.39, 0.29) is 10.1 Å². The summed E-state index contributed by atoms with van der Waals surface area (Å²) in [6.45, 7) is 0. The number of halogens is 1. The number of fused-ring (bicyclic) bond motifs is 1. The first-order valence-electron chi connectivity index (χ1n) is 5.96. The Morgan fingerprint density at radius 1 is 1.55 bits per heavy atom. The zero-order chi connectivity index (χ0) is 14.1. The Morgan fingerprint density at radius 2 is 2.40 bits per heavy atom. The number of allylic oxidation sites excluding steroid dienone is 1. The summed E-state index contributed by atoms with van der Waals surface area (Å²) in [6, 6.07) is 2.90. The molecule has 1 aliphatic carbocycles. The minimum absolute atomic E-state index is 0.287. The molecular weight excluding hydrogens is 282 g/mol. The van der Waals surface area contributed by atoms with E-state index >= 15 is 0 Å². The summed E-state index contributed by atoms with van der Waals surface area (Å²) in [5, 5.41) is 11.1. The first-order chi connectivity index (χ1) is 9.63. The summed E-state index contributed by atoms with van der Waals surface area (Å²) >= 11 is 5.92. The molecule has 0 amide bonds. The maximum absolute atomic E-state index is 10.8. The lowest BCUT2D eigenvalue weighted by molar-refractivity contribution is -0.508. The van der Waals surface area contributed by atoms with Gasteiger partial charge in [0, 0.05) is 29.8 Å². The normalized spacial score (nSPS) is 18.1. The van der Waals surface area contributed by atoms with Crippen molar-refractivity contribution in [3.63, 3.8) is 0 Å². The molecule has 20 heavy (non-hydrogen) atoms. The summed E-state index contributed by atoms with van der Waals surface area (Å²) in [6.07, 6.45) is 8.73. The van der Waals surface area contributed by atoms with Gasteiger partial charge >= 0.3 is 0 Å². The van der Waals surface area contributed by atoms with Gasteiger partial charge in [-0.15, -0.1) is 0 Å². The molecule has 1 atom stereocenters. The van der Waals surface area contributed by atoms with Crippen LogP contribution in [0.5, 0.6) is 5.88 Å². The van der Waals surface area contributed by atoms with Gasteiger partial charge in [-0.3, -0.25) is 10.1 Å². The average molecular weight is 292 g/mol. The molecule has 1 unspecified atom stereocenters. The van der Waals surface area contributed by atoms with Gasteiger partial charge in [0.25, 0.3) is 0 Å². The number of ether oxygens (including phenoxy) is 1. The third-order valence-electron chi connectivity index (χ3n) is 2.95. The number of rotatable bonds is 3. The van der Waals surface area contributed by atoms with Crippen molar-refractivity contribution in [1.29, 1.82) is 0 Å². The van der Waals surface area contributed by atoms with E-state index in [1.165, 1.54) is 6.08 Å². The van der Waals surface area contributed by atoms with Crippen LogP contribution in [-0.2, 0) is 0 Å². The molecular formula is C13H10ClN3O3. The lowest BCUT2D eigenvalue weighted by Crippen LogP contribution is -2.19. The van der Waals surface area contributed by atoms with Crippen LogP contribution in [0.1, 0.15) is 6.42 Å². The highest BCUT2D eigenvalue weighted by molar-refractivity contribution is 6.29. The summed E-state index contributed by atoms with van der Waals surface area (Å²) in [5.74, 6) is 0.721. The molecule has 0 spiro atoms. The second-order valence-electron chi connectivity index (χ2n) is 4.33. The number of nitro groups is 1. The second-order valence-corrected chi connectivity index (χ2v) is 4.72. The SMILES string of the molecule is O=[N+]([O-])C1C=C(Oc2nc(Cl)cn3cccc23)C=CC1. The molecule has 2 aromatic heterocycles. The molecule has 3 rings (SSSR count). The first-order valence-corrected chi connectivity index (χ1v) is 6.34. The van der Waals surface area contributed by atoms with E-state index in [1.807, 2.05) is 18.3 Å². The first kappa shape index (κ1) is 12.7. The van der Waals surface area contributed by atoms with Crippen LogP contribution in [0.15, 0.2) is 48.5 Å². The highest BCUT2D eigenvalue weighted by Crippen LogP contribution is 2.24. The van der Waals surface area contributed by atoms with E-state index in [4.69, 9.17) is 16.3 Å². The van der Waals surface area contributed by atoms with Gasteiger partial charge in [0.2, 0.25) is 11.9 Å². The quantitative estimate of drug-likeness (QED) is 0.644. The van der Waals surface area contributed by atoms with E-state index in [2.05, 4.69) is 4.98 Å². The van der Waals surface area contributed by atoms with Crippen LogP contribution in [-0.4, -0.2) is 20.3 Å². The maximum Gasteiger partial charge on any atom is 0.245 e. The van der Waals surface area contributed by atoms with Crippen molar-refractivity contribution < 1.29 is 9.66 Å². The van der Waals surface area contributed by atoms with Crippen LogP contribution in [0, 0.1) is 10.1 Å². The van der Waals surface area contributed by atoms with Crippen molar-refractivity contribution in [3.8, 4) is 5.88 Å². The molecule has 2 heterocycles. The van der Waals surface area contributed by atoms with Crippen LogP contribution in [0.3, 0.4) is 0 Å². The topological polar surface area (TPSA) is 69.7 Å². The summed E-state index contributed by atoms with van der Waals surface area (Å²) in [5.41, 5.74) is 0.743. The highest BCUT2D eigenvalue weighted by atomic mass is 35.5. The van der Waals surface area contributed by atoms with Gasteiger partial charge in [0.15, 0.2) is 0 Å². The Morgan fingerprint density at radius 3 is 3.20 bits per heavy atom. The molecule has 0 aliphatic heterocycles. The predicted octanol–water partition coefficient (Wildman–Crippen LogP) is 2.86. The van der Waals surface area contributed by atoms with Crippen molar-refractivity contribution in [2.75, 3.05) is 0 Å². The van der Waals surface area contributed by atoms with Crippen molar-refractivity contribution >= 4 is 17.1 Å². The average Bonchev–Trinajstić information content (AvgIpc) is 2.87. The molecule has 2 aromatic rings.